The zero-order valence-corrected chi connectivity index (χ0v) is 18.1. The van der Waals surface area contributed by atoms with Gasteiger partial charge in [-0.3, -0.25) is 0 Å². The van der Waals surface area contributed by atoms with Crippen molar-refractivity contribution in [2.75, 3.05) is 13.2 Å². The van der Waals surface area contributed by atoms with Crippen molar-refractivity contribution in [2.45, 2.75) is 46.4 Å². The monoisotopic (exact) mass is 473 g/mol. The Hall–Kier alpha value is -1.68. The van der Waals surface area contributed by atoms with Crippen LogP contribution in [0.15, 0.2) is 39.8 Å². The molecular weight excluding hydrogens is 445 g/mol. The van der Waals surface area contributed by atoms with Crippen molar-refractivity contribution in [1.82, 2.24) is 20.8 Å². The summed E-state index contributed by atoms with van der Waals surface area (Å²) in [5.41, 5.74) is 1.19. The molecule has 0 bridgehead atoms. The molecule has 26 heavy (non-hydrogen) atoms. The molecule has 8 heteroatoms. The highest BCUT2D eigenvalue weighted by Gasteiger charge is 2.14. The average Bonchev–Trinajstić information content (AvgIpc) is 3.10. The Morgan fingerprint density at radius 2 is 1.96 bits per heavy atom. The number of hydrogen-bond donors (Lipinski definition) is 2. The van der Waals surface area contributed by atoms with Crippen LogP contribution in [0.2, 0.25) is 0 Å². The lowest BCUT2D eigenvalue weighted by Crippen LogP contribution is -2.38. The van der Waals surface area contributed by atoms with Crippen molar-refractivity contribution < 1.29 is 9.26 Å². The molecule has 0 spiro atoms. The van der Waals surface area contributed by atoms with Crippen LogP contribution < -0.4 is 10.6 Å². The summed E-state index contributed by atoms with van der Waals surface area (Å²) in [5, 5.41) is 10.6. The van der Waals surface area contributed by atoms with Gasteiger partial charge in [0, 0.05) is 13.2 Å². The zero-order chi connectivity index (χ0) is 18.1. The fraction of sp³-hybridized carbons (Fsp3) is 0.500. The molecule has 0 saturated heterocycles. The predicted molar refractivity (Wildman–Crippen MR) is 113 cm³/mol. The second kappa shape index (κ2) is 11.8. The van der Waals surface area contributed by atoms with Crippen LogP contribution in [0.3, 0.4) is 0 Å². The van der Waals surface area contributed by atoms with E-state index < -0.39 is 0 Å². The van der Waals surface area contributed by atoms with E-state index in [1.54, 1.807) is 0 Å². The number of aromatic nitrogens is 2. The lowest BCUT2D eigenvalue weighted by molar-refractivity contribution is 0.0683. The van der Waals surface area contributed by atoms with Crippen LogP contribution in [-0.2, 0) is 11.3 Å². The summed E-state index contributed by atoms with van der Waals surface area (Å²) in [6.07, 6.45) is -0.184. The predicted octanol–water partition coefficient (Wildman–Crippen LogP) is 3.60. The average molecular weight is 473 g/mol. The molecule has 1 aromatic heterocycles. The van der Waals surface area contributed by atoms with Gasteiger partial charge in [0.25, 0.3) is 0 Å². The van der Waals surface area contributed by atoms with Crippen molar-refractivity contribution in [1.29, 1.82) is 0 Å². The number of rotatable bonds is 8. The first-order valence-electron chi connectivity index (χ1n) is 8.67. The van der Waals surface area contributed by atoms with Gasteiger partial charge < -0.3 is 19.9 Å². The largest absolute Gasteiger partial charge is 0.371 e. The molecule has 2 rings (SSSR count). The number of ether oxygens (including phenoxy) is 1. The topological polar surface area (TPSA) is 84.6 Å². The van der Waals surface area contributed by atoms with Gasteiger partial charge in [0.15, 0.2) is 11.8 Å². The van der Waals surface area contributed by atoms with E-state index in [1.165, 1.54) is 5.56 Å². The lowest BCUT2D eigenvalue weighted by Gasteiger charge is -2.17. The molecule has 2 unspecified atom stereocenters. The Balaban J connectivity index is 0.00000338. The highest BCUT2D eigenvalue weighted by atomic mass is 127. The highest BCUT2D eigenvalue weighted by Crippen LogP contribution is 2.13. The van der Waals surface area contributed by atoms with E-state index in [0.717, 1.165) is 6.54 Å². The molecular formula is C18H28IN5O2. The van der Waals surface area contributed by atoms with Gasteiger partial charge in [0.2, 0.25) is 5.89 Å². The maximum absolute atomic E-state index is 5.46. The normalized spacial score (nSPS) is 13.6. The number of hydrogen-bond acceptors (Lipinski definition) is 5. The fourth-order valence-corrected chi connectivity index (χ4v) is 2.32. The van der Waals surface area contributed by atoms with Crippen LogP contribution in [-0.4, -0.2) is 29.3 Å². The van der Waals surface area contributed by atoms with E-state index in [2.05, 4.69) is 44.8 Å². The summed E-state index contributed by atoms with van der Waals surface area (Å²) in [7, 11) is 0. The van der Waals surface area contributed by atoms with Crippen molar-refractivity contribution in [3.63, 3.8) is 0 Å². The molecule has 2 N–H and O–H groups in total. The van der Waals surface area contributed by atoms with Gasteiger partial charge in [-0.2, -0.15) is 4.98 Å². The molecule has 1 aromatic carbocycles. The summed E-state index contributed by atoms with van der Waals surface area (Å²) in [6, 6.07) is 10.4. The van der Waals surface area contributed by atoms with Crippen molar-refractivity contribution in [3.05, 3.63) is 47.6 Å². The van der Waals surface area contributed by atoms with Crippen LogP contribution in [0, 0.1) is 0 Å². The number of nitrogens with zero attached hydrogens (tertiary/aromatic N) is 3. The molecule has 0 aliphatic rings. The first-order chi connectivity index (χ1) is 12.1. The Kier molecular flexibility index (Phi) is 10.2. The van der Waals surface area contributed by atoms with E-state index in [9.17, 15) is 0 Å². The van der Waals surface area contributed by atoms with Crippen molar-refractivity contribution >= 4 is 29.9 Å². The van der Waals surface area contributed by atoms with Gasteiger partial charge in [0.05, 0.1) is 6.04 Å². The minimum Gasteiger partial charge on any atom is -0.371 e. The van der Waals surface area contributed by atoms with E-state index >= 15 is 0 Å². The minimum atomic E-state index is -0.184. The molecule has 0 aliphatic heterocycles. The molecule has 1 heterocycles. The fourth-order valence-electron chi connectivity index (χ4n) is 2.32. The zero-order valence-electron chi connectivity index (χ0n) is 15.7. The van der Waals surface area contributed by atoms with Crippen molar-refractivity contribution in [2.24, 2.45) is 4.99 Å². The number of guanidine groups is 1. The lowest BCUT2D eigenvalue weighted by atomic mass is 10.1. The van der Waals surface area contributed by atoms with E-state index in [-0.39, 0.29) is 36.1 Å². The van der Waals surface area contributed by atoms with Gasteiger partial charge in [-0.25, -0.2) is 4.99 Å². The van der Waals surface area contributed by atoms with Gasteiger partial charge in [-0.05, 0) is 33.3 Å². The van der Waals surface area contributed by atoms with Crippen LogP contribution >= 0.6 is 24.0 Å². The minimum absolute atomic E-state index is 0. The second-order valence-corrected chi connectivity index (χ2v) is 5.62. The summed E-state index contributed by atoms with van der Waals surface area (Å²) >= 11 is 0. The van der Waals surface area contributed by atoms with Crippen LogP contribution in [0.1, 0.15) is 57.1 Å². The molecule has 0 radical (unpaired) electrons. The Morgan fingerprint density at radius 1 is 1.23 bits per heavy atom. The Labute approximate surface area is 172 Å². The molecule has 2 atom stereocenters. The van der Waals surface area contributed by atoms with Crippen LogP contribution in [0.25, 0.3) is 0 Å². The molecule has 0 amide bonds. The Morgan fingerprint density at radius 3 is 2.62 bits per heavy atom. The van der Waals surface area contributed by atoms with E-state index in [0.29, 0.717) is 30.8 Å². The van der Waals surface area contributed by atoms with Gasteiger partial charge >= 0.3 is 0 Å². The number of aliphatic imine (C=N–C) groups is 1. The quantitative estimate of drug-likeness (QED) is 0.346. The molecule has 2 aromatic rings. The summed E-state index contributed by atoms with van der Waals surface area (Å²) in [5.74, 6) is 1.71. The molecule has 0 saturated carbocycles. The van der Waals surface area contributed by atoms with Crippen LogP contribution in [0.4, 0.5) is 0 Å². The second-order valence-electron chi connectivity index (χ2n) is 5.62. The van der Waals surface area contributed by atoms with Gasteiger partial charge in [-0.1, -0.05) is 35.5 Å². The summed E-state index contributed by atoms with van der Waals surface area (Å²) in [4.78, 5) is 8.86. The highest BCUT2D eigenvalue weighted by molar-refractivity contribution is 14.0. The van der Waals surface area contributed by atoms with E-state index in [1.807, 2.05) is 39.0 Å². The third-order valence-electron chi connectivity index (χ3n) is 3.63. The molecule has 144 valence electrons. The van der Waals surface area contributed by atoms with E-state index in [4.69, 9.17) is 9.26 Å². The standard InChI is InChI=1S/C18H27N5O2.HI/c1-5-19-18(21-13(3)15-10-8-7-9-11-15)20-12-16-22-17(23-25-16)14(4)24-6-2;/h7-11,13-14H,5-6,12H2,1-4H3,(H2,19,20,21);1H. The summed E-state index contributed by atoms with van der Waals surface area (Å²) in [6.45, 7) is 9.63. The first kappa shape index (κ1) is 22.4. The first-order valence-corrected chi connectivity index (χ1v) is 8.67. The number of halogens is 1. The molecule has 0 fully saturated rings. The van der Waals surface area contributed by atoms with Crippen LogP contribution in [0.5, 0.6) is 0 Å². The van der Waals surface area contributed by atoms with Crippen molar-refractivity contribution in [3.8, 4) is 0 Å². The number of nitrogens with one attached hydrogen (secondary N) is 2. The van der Waals surface area contributed by atoms with Gasteiger partial charge in [0.1, 0.15) is 12.6 Å². The third kappa shape index (κ3) is 6.91. The smallest absolute Gasteiger partial charge is 0.248 e. The molecule has 0 aliphatic carbocycles. The van der Waals surface area contributed by atoms with Gasteiger partial charge in [-0.15, -0.1) is 24.0 Å². The maximum atomic E-state index is 5.46. The third-order valence-corrected chi connectivity index (χ3v) is 3.63. The SMILES string of the molecule is CCNC(=NCc1nc(C(C)OCC)no1)NC(C)c1ccccc1.I. The maximum Gasteiger partial charge on any atom is 0.248 e. The summed E-state index contributed by atoms with van der Waals surface area (Å²) < 4.78 is 10.7. The Bertz CT molecular complexity index is 663. The molecule has 7 nitrogen and oxygen atoms in total. The number of benzene rings is 1.